The van der Waals surface area contributed by atoms with Crippen molar-refractivity contribution in [2.75, 3.05) is 36.4 Å². The maximum absolute atomic E-state index is 12.2. The highest BCUT2D eigenvalue weighted by atomic mass is 35.5. The number of pyridine rings is 1. The van der Waals surface area contributed by atoms with E-state index in [1.165, 1.54) is 6.20 Å². The summed E-state index contributed by atoms with van der Waals surface area (Å²) in [5.74, 6) is 0.819. The zero-order valence-electron chi connectivity index (χ0n) is 12.1. The van der Waals surface area contributed by atoms with E-state index in [9.17, 15) is 4.79 Å². The molecule has 2 aromatic rings. The number of rotatable bonds is 2. The topological polar surface area (TPSA) is 79.2 Å². The number of aryl methyl sites for hydroxylation is 1. The molecule has 3 heterocycles. The van der Waals surface area contributed by atoms with Gasteiger partial charge in [-0.1, -0.05) is 11.6 Å². The second-order valence-electron chi connectivity index (χ2n) is 5.04. The minimum Gasteiger partial charge on any atom is -0.337 e. The minimum atomic E-state index is -0.151. The number of aromatic nitrogens is 4. The largest absolute Gasteiger partial charge is 0.337 e. The summed E-state index contributed by atoms with van der Waals surface area (Å²) < 4.78 is 1.87. The van der Waals surface area contributed by atoms with Crippen molar-refractivity contribution in [2.45, 2.75) is 0 Å². The predicted molar refractivity (Wildman–Crippen MR) is 83.1 cm³/mol. The van der Waals surface area contributed by atoms with E-state index in [0.717, 1.165) is 5.95 Å². The van der Waals surface area contributed by atoms with E-state index in [4.69, 9.17) is 11.6 Å². The summed E-state index contributed by atoms with van der Waals surface area (Å²) in [6.07, 6.45) is 4.76. The number of carbonyl (C=O) groups excluding carboxylic acids is 1. The average molecular weight is 322 g/mol. The molecule has 8 nitrogen and oxygen atoms in total. The van der Waals surface area contributed by atoms with Crippen LogP contribution in [0.25, 0.3) is 0 Å². The molecule has 0 spiro atoms. The molecule has 1 aliphatic heterocycles. The van der Waals surface area contributed by atoms with Gasteiger partial charge in [-0.05, 0) is 6.07 Å². The smallest absolute Gasteiger partial charge is 0.322 e. The molecule has 1 N–H and O–H groups in total. The number of amides is 2. The van der Waals surface area contributed by atoms with Crippen molar-refractivity contribution >= 4 is 29.3 Å². The van der Waals surface area contributed by atoms with Crippen LogP contribution in [0.15, 0.2) is 24.8 Å². The number of hydrogen-bond acceptors (Lipinski definition) is 5. The highest BCUT2D eigenvalue weighted by Gasteiger charge is 2.23. The lowest BCUT2D eigenvalue weighted by Gasteiger charge is -2.34. The number of anilines is 2. The Morgan fingerprint density at radius 3 is 2.68 bits per heavy atom. The molecule has 1 aliphatic rings. The monoisotopic (exact) mass is 321 g/mol. The molecule has 22 heavy (non-hydrogen) atoms. The van der Waals surface area contributed by atoms with Crippen molar-refractivity contribution in [1.29, 1.82) is 0 Å². The highest BCUT2D eigenvalue weighted by molar-refractivity contribution is 6.30. The van der Waals surface area contributed by atoms with Crippen LogP contribution in [-0.4, -0.2) is 56.9 Å². The lowest BCUT2D eigenvalue weighted by molar-refractivity contribution is 0.208. The first-order chi connectivity index (χ1) is 10.6. The summed E-state index contributed by atoms with van der Waals surface area (Å²) in [7, 11) is 1.90. The van der Waals surface area contributed by atoms with Gasteiger partial charge in [0, 0.05) is 39.4 Å². The van der Waals surface area contributed by atoms with Gasteiger partial charge in [0.05, 0.1) is 16.9 Å². The number of carbonyl (C=O) groups is 1. The van der Waals surface area contributed by atoms with Crippen LogP contribution in [0.2, 0.25) is 5.02 Å². The van der Waals surface area contributed by atoms with Crippen molar-refractivity contribution in [3.8, 4) is 0 Å². The molecule has 0 aromatic carbocycles. The Hall–Kier alpha value is -2.35. The number of nitrogens with one attached hydrogen (secondary N) is 1. The number of piperazine rings is 1. The van der Waals surface area contributed by atoms with Crippen LogP contribution in [0.3, 0.4) is 0 Å². The molecular weight excluding hydrogens is 306 g/mol. The van der Waals surface area contributed by atoms with E-state index in [1.54, 1.807) is 23.5 Å². The molecule has 9 heteroatoms. The third-order valence-electron chi connectivity index (χ3n) is 3.49. The maximum atomic E-state index is 12.2. The van der Waals surface area contributed by atoms with Crippen LogP contribution in [-0.2, 0) is 7.05 Å². The lowest BCUT2D eigenvalue weighted by atomic mass is 10.3. The molecule has 0 aliphatic carbocycles. The minimum absolute atomic E-state index is 0.151. The van der Waals surface area contributed by atoms with Crippen molar-refractivity contribution in [2.24, 2.45) is 7.05 Å². The molecule has 2 amide bonds. The highest BCUT2D eigenvalue weighted by Crippen LogP contribution is 2.15. The standard InChI is InChI=1S/C13H16ClN7O/c1-19-9-16-18-12(19)20-2-4-21(5-3-20)13(22)17-11-6-10(14)7-15-8-11/h6-9H,2-5H2,1H3,(H,17,22). The third-order valence-corrected chi connectivity index (χ3v) is 3.70. The molecule has 0 unspecified atom stereocenters. The molecule has 1 fully saturated rings. The zero-order chi connectivity index (χ0) is 15.5. The van der Waals surface area contributed by atoms with Crippen LogP contribution in [0.5, 0.6) is 0 Å². The van der Waals surface area contributed by atoms with Crippen molar-refractivity contribution in [3.63, 3.8) is 0 Å². The summed E-state index contributed by atoms with van der Waals surface area (Å²) in [4.78, 5) is 20.0. The van der Waals surface area contributed by atoms with Crippen molar-refractivity contribution in [1.82, 2.24) is 24.6 Å². The number of urea groups is 1. The molecular formula is C13H16ClN7O. The van der Waals surface area contributed by atoms with Crippen molar-refractivity contribution < 1.29 is 4.79 Å². The Morgan fingerprint density at radius 1 is 1.27 bits per heavy atom. The molecule has 0 saturated carbocycles. The maximum Gasteiger partial charge on any atom is 0.322 e. The molecule has 2 aromatic heterocycles. The first kappa shape index (κ1) is 14.6. The fourth-order valence-corrected chi connectivity index (χ4v) is 2.53. The van der Waals surface area contributed by atoms with Crippen LogP contribution in [0, 0.1) is 0 Å². The number of nitrogens with zero attached hydrogens (tertiary/aromatic N) is 6. The summed E-state index contributed by atoms with van der Waals surface area (Å²) in [5, 5.41) is 11.3. The summed E-state index contributed by atoms with van der Waals surface area (Å²) in [5.41, 5.74) is 0.591. The van der Waals surface area contributed by atoms with E-state index >= 15 is 0 Å². The summed E-state index contributed by atoms with van der Waals surface area (Å²) in [6, 6.07) is 1.52. The van der Waals surface area contributed by atoms with Gasteiger partial charge in [-0.15, -0.1) is 10.2 Å². The fraction of sp³-hybridized carbons (Fsp3) is 0.385. The van der Waals surface area contributed by atoms with E-state index in [-0.39, 0.29) is 6.03 Å². The summed E-state index contributed by atoms with van der Waals surface area (Å²) >= 11 is 5.86. The van der Waals surface area contributed by atoms with E-state index in [1.807, 2.05) is 11.6 Å². The number of hydrogen-bond donors (Lipinski definition) is 1. The first-order valence-electron chi connectivity index (χ1n) is 6.89. The van der Waals surface area contributed by atoms with Crippen LogP contribution in [0.4, 0.5) is 16.4 Å². The SMILES string of the molecule is Cn1cnnc1N1CCN(C(=O)Nc2cncc(Cl)c2)CC1. The van der Waals surface area contributed by atoms with Gasteiger partial charge < -0.3 is 19.7 Å². The molecule has 0 atom stereocenters. The Labute approximate surface area is 132 Å². The van der Waals surface area contributed by atoms with Crippen LogP contribution >= 0.6 is 11.6 Å². The molecule has 3 rings (SSSR count). The lowest BCUT2D eigenvalue weighted by Crippen LogP contribution is -2.50. The molecule has 0 bridgehead atoms. The summed E-state index contributed by atoms with van der Waals surface area (Å²) in [6.45, 7) is 2.67. The van der Waals surface area contributed by atoms with Gasteiger partial charge >= 0.3 is 6.03 Å². The Morgan fingerprint density at radius 2 is 2.05 bits per heavy atom. The van der Waals surface area contributed by atoms with E-state index in [2.05, 4.69) is 25.4 Å². The normalized spacial score (nSPS) is 15.0. The van der Waals surface area contributed by atoms with Gasteiger partial charge in [-0.25, -0.2) is 4.79 Å². The predicted octanol–water partition coefficient (Wildman–Crippen LogP) is 1.22. The second kappa shape index (κ2) is 6.18. The van der Waals surface area contributed by atoms with Crippen molar-refractivity contribution in [3.05, 3.63) is 29.8 Å². The fourth-order valence-electron chi connectivity index (χ4n) is 2.36. The Kier molecular flexibility index (Phi) is 4.10. The Balaban J connectivity index is 1.57. The number of halogens is 1. The third kappa shape index (κ3) is 3.11. The second-order valence-corrected chi connectivity index (χ2v) is 5.47. The van der Waals surface area contributed by atoms with Gasteiger partial charge in [-0.3, -0.25) is 4.98 Å². The molecule has 0 radical (unpaired) electrons. The van der Waals surface area contributed by atoms with Gasteiger partial charge in [-0.2, -0.15) is 0 Å². The van der Waals surface area contributed by atoms with E-state index < -0.39 is 0 Å². The van der Waals surface area contributed by atoms with Gasteiger partial charge in [0.2, 0.25) is 5.95 Å². The van der Waals surface area contributed by atoms with Crippen LogP contribution < -0.4 is 10.2 Å². The zero-order valence-corrected chi connectivity index (χ0v) is 12.9. The van der Waals surface area contributed by atoms with E-state index in [0.29, 0.717) is 36.9 Å². The van der Waals surface area contributed by atoms with Gasteiger partial charge in [0.25, 0.3) is 0 Å². The first-order valence-corrected chi connectivity index (χ1v) is 7.27. The van der Waals surface area contributed by atoms with Gasteiger partial charge in [0.1, 0.15) is 6.33 Å². The molecule has 1 saturated heterocycles. The quantitative estimate of drug-likeness (QED) is 0.899. The van der Waals surface area contributed by atoms with Crippen LogP contribution in [0.1, 0.15) is 0 Å². The average Bonchev–Trinajstić information content (AvgIpc) is 2.93. The Bertz CT molecular complexity index is 666. The molecule has 116 valence electrons. The van der Waals surface area contributed by atoms with Gasteiger partial charge in [0.15, 0.2) is 0 Å².